The molecular weight excluding hydrogens is 332 g/mol. The van der Waals surface area contributed by atoms with Gasteiger partial charge in [0.15, 0.2) is 11.5 Å². The van der Waals surface area contributed by atoms with E-state index < -0.39 is 17.4 Å². The molecule has 0 aliphatic carbocycles. The third kappa shape index (κ3) is 5.31. The zero-order valence-corrected chi connectivity index (χ0v) is 14.6. The Hall–Kier alpha value is -1.93. The van der Waals surface area contributed by atoms with Crippen LogP contribution in [-0.2, 0) is 16.1 Å². The number of ether oxygens (including phenoxy) is 2. The Bertz CT molecular complexity index is 606. The lowest BCUT2D eigenvalue weighted by atomic mass is 10.0. The van der Waals surface area contributed by atoms with E-state index in [4.69, 9.17) is 9.47 Å². The number of fused-ring (bicyclic) bond motifs is 1. The predicted molar refractivity (Wildman–Crippen MR) is 91.0 cm³/mol. The molecule has 1 atom stereocenters. The summed E-state index contributed by atoms with van der Waals surface area (Å²) in [5.41, 5.74) is -0.233. The van der Waals surface area contributed by atoms with E-state index in [9.17, 15) is 14.7 Å². The molecule has 24 heavy (non-hydrogen) atoms. The maximum absolute atomic E-state index is 11.8. The van der Waals surface area contributed by atoms with Gasteiger partial charge in [0, 0.05) is 13.1 Å². The Morgan fingerprint density at radius 1 is 1.25 bits per heavy atom. The van der Waals surface area contributed by atoms with E-state index in [2.05, 4.69) is 10.6 Å². The van der Waals surface area contributed by atoms with Gasteiger partial charge >= 0.3 is 11.8 Å². The summed E-state index contributed by atoms with van der Waals surface area (Å²) >= 11 is 1.61. The van der Waals surface area contributed by atoms with Gasteiger partial charge in [-0.1, -0.05) is 6.07 Å². The van der Waals surface area contributed by atoms with Gasteiger partial charge in [0.2, 0.25) is 6.79 Å². The first kappa shape index (κ1) is 18.4. The molecule has 0 radical (unpaired) electrons. The predicted octanol–water partition coefficient (Wildman–Crippen LogP) is 0.652. The van der Waals surface area contributed by atoms with Crippen molar-refractivity contribution in [1.82, 2.24) is 10.6 Å². The summed E-state index contributed by atoms with van der Waals surface area (Å²) in [6, 6.07) is 5.31. The average Bonchev–Trinajstić information content (AvgIpc) is 3.03. The normalized spacial score (nSPS) is 14.8. The first-order valence-electron chi connectivity index (χ1n) is 7.57. The Balaban J connectivity index is 1.76. The number of thioether (sulfide) groups is 1. The van der Waals surface area contributed by atoms with E-state index in [0.717, 1.165) is 11.3 Å². The highest BCUT2D eigenvalue weighted by molar-refractivity contribution is 7.98. The third-order valence-electron chi connectivity index (χ3n) is 3.57. The second-order valence-corrected chi connectivity index (χ2v) is 6.78. The van der Waals surface area contributed by atoms with E-state index in [1.165, 1.54) is 0 Å². The SMILES string of the molecule is CSCC[C@@](C)(O)CNC(=O)C(=O)NCc1ccc2c(c1)OCO2. The van der Waals surface area contributed by atoms with Crippen LogP contribution < -0.4 is 20.1 Å². The van der Waals surface area contributed by atoms with E-state index in [1.807, 2.05) is 6.26 Å². The number of hydrogen-bond acceptors (Lipinski definition) is 6. The minimum absolute atomic E-state index is 0.0316. The van der Waals surface area contributed by atoms with Crippen molar-refractivity contribution in [2.75, 3.05) is 25.3 Å². The van der Waals surface area contributed by atoms with Gasteiger partial charge in [-0.25, -0.2) is 0 Å². The molecule has 0 bridgehead atoms. The van der Waals surface area contributed by atoms with Crippen LogP contribution in [0.5, 0.6) is 11.5 Å². The van der Waals surface area contributed by atoms with Crippen LogP contribution in [-0.4, -0.2) is 47.9 Å². The van der Waals surface area contributed by atoms with Crippen LogP contribution in [0.1, 0.15) is 18.9 Å². The summed E-state index contributed by atoms with van der Waals surface area (Å²) in [6.07, 6.45) is 2.48. The number of rotatable bonds is 7. The van der Waals surface area contributed by atoms with Gasteiger partial charge in [0.25, 0.3) is 0 Å². The van der Waals surface area contributed by atoms with Crippen molar-refractivity contribution in [3.8, 4) is 11.5 Å². The van der Waals surface area contributed by atoms with Gasteiger partial charge in [0.05, 0.1) is 5.60 Å². The highest BCUT2D eigenvalue weighted by Gasteiger charge is 2.23. The molecule has 0 saturated heterocycles. The largest absolute Gasteiger partial charge is 0.454 e. The number of amides is 2. The lowest BCUT2D eigenvalue weighted by molar-refractivity contribution is -0.139. The summed E-state index contributed by atoms with van der Waals surface area (Å²) < 4.78 is 10.5. The number of carbonyl (C=O) groups is 2. The first-order valence-corrected chi connectivity index (χ1v) is 8.96. The molecule has 0 unspecified atom stereocenters. The van der Waals surface area contributed by atoms with Gasteiger partial charge in [-0.2, -0.15) is 11.8 Å². The Morgan fingerprint density at radius 3 is 2.71 bits per heavy atom. The smallest absolute Gasteiger partial charge is 0.309 e. The molecular formula is C16H22N2O5S. The van der Waals surface area contributed by atoms with E-state index in [0.29, 0.717) is 17.9 Å². The zero-order chi connectivity index (χ0) is 17.6. The second-order valence-electron chi connectivity index (χ2n) is 5.79. The van der Waals surface area contributed by atoms with Crippen molar-refractivity contribution in [3.05, 3.63) is 23.8 Å². The molecule has 0 aromatic heterocycles. The Morgan fingerprint density at radius 2 is 1.96 bits per heavy atom. The standard InChI is InChI=1S/C16H22N2O5S/c1-16(21,5-6-24-2)9-18-15(20)14(19)17-8-11-3-4-12-13(7-11)23-10-22-12/h3-4,7,21H,5-6,8-10H2,1-2H3,(H,17,19)(H,18,20)/t16-/m1/s1. The first-order chi connectivity index (χ1) is 11.4. The fourth-order valence-electron chi connectivity index (χ4n) is 2.07. The Labute approximate surface area is 145 Å². The molecule has 1 heterocycles. The molecule has 1 aliphatic rings. The van der Waals surface area contributed by atoms with Crippen LogP contribution in [0.4, 0.5) is 0 Å². The molecule has 8 heteroatoms. The van der Waals surface area contributed by atoms with Crippen molar-refractivity contribution in [2.45, 2.75) is 25.5 Å². The molecule has 0 spiro atoms. The number of nitrogens with one attached hydrogen (secondary N) is 2. The molecule has 7 nitrogen and oxygen atoms in total. The van der Waals surface area contributed by atoms with Crippen molar-refractivity contribution in [2.24, 2.45) is 0 Å². The molecule has 3 N–H and O–H groups in total. The van der Waals surface area contributed by atoms with E-state index in [-0.39, 0.29) is 19.9 Å². The van der Waals surface area contributed by atoms with Crippen LogP contribution in [0.25, 0.3) is 0 Å². The fraction of sp³-hybridized carbons (Fsp3) is 0.500. The topological polar surface area (TPSA) is 96.9 Å². The molecule has 132 valence electrons. The maximum Gasteiger partial charge on any atom is 0.309 e. The van der Waals surface area contributed by atoms with Gasteiger partial charge in [-0.05, 0) is 43.0 Å². The summed E-state index contributed by atoms with van der Waals surface area (Å²) in [6.45, 7) is 2.05. The molecule has 1 aliphatic heterocycles. The second kappa shape index (κ2) is 8.25. The van der Waals surface area contributed by atoms with Crippen LogP contribution in [0.3, 0.4) is 0 Å². The molecule has 1 aromatic rings. The molecule has 0 fully saturated rings. The highest BCUT2D eigenvalue weighted by atomic mass is 32.2. The summed E-state index contributed by atoms with van der Waals surface area (Å²) in [4.78, 5) is 23.6. The minimum Gasteiger partial charge on any atom is -0.454 e. The zero-order valence-electron chi connectivity index (χ0n) is 13.8. The molecule has 0 saturated carbocycles. The molecule has 2 rings (SSSR count). The van der Waals surface area contributed by atoms with Crippen LogP contribution in [0.15, 0.2) is 18.2 Å². The lowest BCUT2D eigenvalue weighted by Gasteiger charge is -2.23. The molecule has 2 amide bonds. The summed E-state index contributed by atoms with van der Waals surface area (Å²) in [5.74, 6) is 0.555. The number of aliphatic hydroxyl groups is 1. The minimum atomic E-state index is -1.03. The number of benzene rings is 1. The van der Waals surface area contributed by atoms with Gasteiger partial charge in [-0.3, -0.25) is 9.59 Å². The number of carbonyl (C=O) groups excluding carboxylic acids is 2. The van der Waals surface area contributed by atoms with Crippen molar-refractivity contribution in [1.29, 1.82) is 0 Å². The van der Waals surface area contributed by atoms with E-state index >= 15 is 0 Å². The summed E-state index contributed by atoms with van der Waals surface area (Å²) in [5, 5.41) is 15.1. The highest BCUT2D eigenvalue weighted by Crippen LogP contribution is 2.32. The average molecular weight is 354 g/mol. The number of hydrogen-bond donors (Lipinski definition) is 3. The summed E-state index contributed by atoms with van der Waals surface area (Å²) in [7, 11) is 0. The third-order valence-corrected chi connectivity index (χ3v) is 4.18. The van der Waals surface area contributed by atoms with Crippen molar-refractivity contribution < 1.29 is 24.2 Å². The van der Waals surface area contributed by atoms with Crippen LogP contribution in [0, 0.1) is 0 Å². The van der Waals surface area contributed by atoms with E-state index in [1.54, 1.807) is 36.9 Å². The van der Waals surface area contributed by atoms with Gasteiger partial charge < -0.3 is 25.2 Å². The fourth-order valence-corrected chi connectivity index (χ4v) is 2.72. The molecule has 1 aromatic carbocycles. The van der Waals surface area contributed by atoms with Crippen molar-refractivity contribution in [3.63, 3.8) is 0 Å². The monoisotopic (exact) mass is 354 g/mol. The van der Waals surface area contributed by atoms with Gasteiger partial charge in [-0.15, -0.1) is 0 Å². The van der Waals surface area contributed by atoms with Crippen LogP contribution in [0.2, 0.25) is 0 Å². The lowest BCUT2D eigenvalue weighted by Crippen LogP contribution is -2.46. The van der Waals surface area contributed by atoms with Crippen molar-refractivity contribution >= 4 is 23.6 Å². The van der Waals surface area contributed by atoms with Crippen LogP contribution >= 0.6 is 11.8 Å². The van der Waals surface area contributed by atoms with Gasteiger partial charge in [0.1, 0.15) is 0 Å². The Kier molecular flexibility index (Phi) is 6.33. The quantitative estimate of drug-likeness (QED) is 0.622. The maximum atomic E-state index is 11.8.